The van der Waals surface area contributed by atoms with Crippen LogP contribution in [0.5, 0.6) is 0 Å². The number of aliphatic carboxylic acids is 1. The summed E-state index contributed by atoms with van der Waals surface area (Å²) in [6.45, 7) is 6.98. The first-order valence-electron chi connectivity index (χ1n) is 6.66. The van der Waals surface area contributed by atoms with Gasteiger partial charge in [0.25, 0.3) is 0 Å². The van der Waals surface area contributed by atoms with E-state index in [9.17, 15) is 4.79 Å². The molecule has 1 fully saturated rings. The minimum Gasteiger partial charge on any atom is -0.481 e. The first-order chi connectivity index (χ1) is 9.06. The predicted octanol–water partition coefficient (Wildman–Crippen LogP) is 1.98. The third-order valence-corrected chi connectivity index (χ3v) is 3.63. The normalized spacial score (nSPS) is 20.4. The van der Waals surface area contributed by atoms with Crippen LogP contribution in [0.1, 0.15) is 23.1 Å². The molecule has 1 aromatic rings. The van der Waals surface area contributed by atoms with Crippen molar-refractivity contribution >= 4 is 5.97 Å². The van der Waals surface area contributed by atoms with Gasteiger partial charge in [0.1, 0.15) is 0 Å². The molecule has 1 aliphatic heterocycles. The molecule has 0 amide bonds. The third-order valence-electron chi connectivity index (χ3n) is 3.63. The molecule has 1 saturated heterocycles. The summed E-state index contributed by atoms with van der Waals surface area (Å²) in [4.78, 5) is 13.1. The first-order valence-corrected chi connectivity index (χ1v) is 6.66. The molecule has 0 spiro atoms. The Labute approximate surface area is 114 Å². The Hall–Kier alpha value is -1.39. The maximum absolute atomic E-state index is 10.9. The number of rotatable bonds is 4. The summed E-state index contributed by atoms with van der Waals surface area (Å²) in [6.07, 6.45) is 0.144. The van der Waals surface area contributed by atoms with Crippen LogP contribution in [0.4, 0.5) is 0 Å². The maximum atomic E-state index is 10.9. The van der Waals surface area contributed by atoms with Gasteiger partial charge in [-0.15, -0.1) is 0 Å². The van der Waals surface area contributed by atoms with Crippen LogP contribution in [0.15, 0.2) is 18.2 Å². The lowest BCUT2D eigenvalue weighted by Gasteiger charge is -2.35. The quantitative estimate of drug-likeness (QED) is 0.902. The van der Waals surface area contributed by atoms with Crippen LogP contribution in [0.25, 0.3) is 0 Å². The fourth-order valence-corrected chi connectivity index (χ4v) is 2.53. The van der Waals surface area contributed by atoms with Crippen molar-refractivity contribution in [3.05, 3.63) is 34.9 Å². The van der Waals surface area contributed by atoms with E-state index in [1.165, 1.54) is 16.7 Å². The van der Waals surface area contributed by atoms with E-state index in [0.29, 0.717) is 13.2 Å². The van der Waals surface area contributed by atoms with E-state index in [4.69, 9.17) is 9.84 Å². The van der Waals surface area contributed by atoms with Gasteiger partial charge in [-0.05, 0) is 25.0 Å². The number of hydrogen-bond donors (Lipinski definition) is 1. The summed E-state index contributed by atoms with van der Waals surface area (Å²) in [7, 11) is 0. The van der Waals surface area contributed by atoms with Crippen molar-refractivity contribution in [2.45, 2.75) is 32.9 Å². The lowest BCUT2D eigenvalue weighted by molar-refractivity contribution is -0.140. The monoisotopic (exact) mass is 263 g/mol. The standard InChI is InChI=1S/C15H21NO3/c1-11-3-4-13(12(2)7-11)9-16-5-6-19-10-14(16)8-15(17)18/h3-4,7,14H,5-6,8-10H2,1-2H3,(H,17,18). The fourth-order valence-electron chi connectivity index (χ4n) is 2.53. The molecule has 1 atom stereocenters. The van der Waals surface area contributed by atoms with E-state index < -0.39 is 5.97 Å². The second-order valence-corrected chi connectivity index (χ2v) is 5.23. The van der Waals surface area contributed by atoms with Crippen LogP contribution < -0.4 is 0 Å². The molecule has 0 bridgehead atoms. The molecule has 0 saturated carbocycles. The number of carbonyl (C=O) groups is 1. The molecule has 19 heavy (non-hydrogen) atoms. The Morgan fingerprint density at radius 1 is 1.47 bits per heavy atom. The molecule has 0 aromatic heterocycles. The molecular formula is C15H21NO3. The molecule has 0 aliphatic carbocycles. The maximum Gasteiger partial charge on any atom is 0.305 e. The van der Waals surface area contributed by atoms with Gasteiger partial charge in [-0.3, -0.25) is 9.69 Å². The van der Waals surface area contributed by atoms with Crippen molar-refractivity contribution in [2.75, 3.05) is 19.8 Å². The van der Waals surface area contributed by atoms with Crippen molar-refractivity contribution in [1.82, 2.24) is 4.90 Å². The average Bonchev–Trinajstić information content (AvgIpc) is 2.34. The van der Waals surface area contributed by atoms with Gasteiger partial charge in [0.15, 0.2) is 0 Å². The molecule has 0 radical (unpaired) electrons. The van der Waals surface area contributed by atoms with Gasteiger partial charge in [-0.2, -0.15) is 0 Å². The Balaban J connectivity index is 2.08. The number of hydrogen-bond acceptors (Lipinski definition) is 3. The number of morpholine rings is 1. The molecule has 104 valence electrons. The van der Waals surface area contributed by atoms with E-state index in [1.807, 2.05) is 0 Å². The molecule has 1 unspecified atom stereocenters. The molecule has 2 rings (SSSR count). The van der Waals surface area contributed by atoms with E-state index in [0.717, 1.165) is 13.1 Å². The van der Waals surface area contributed by atoms with Crippen LogP contribution in [0.3, 0.4) is 0 Å². The molecule has 4 heteroatoms. The Bertz CT molecular complexity index is 459. The van der Waals surface area contributed by atoms with Crippen molar-refractivity contribution < 1.29 is 14.6 Å². The Kier molecular flexibility index (Phi) is 4.56. The number of benzene rings is 1. The number of ether oxygens (including phenoxy) is 1. The minimum atomic E-state index is -0.763. The third kappa shape index (κ3) is 3.78. The molecule has 1 aliphatic rings. The van der Waals surface area contributed by atoms with Crippen LogP contribution in [0, 0.1) is 13.8 Å². The summed E-state index contributed by atoms with van der Waals surface area (Å²) >= 11 is 0. The molecular weight excluding hydrogens is 242 g/mol. The highest BCUT2D eigenvalue weighted by Crippen LogP contribution is 2.18. The minimum absolute atomic E-state index is 0.0213. The fraction of sp³-hybridized carbons (Fsp3) is 0.533. The number of carboxylic acid groups (broad SMARTS) is 1. The van der Waals surface area contributed by atoms with Gasteiger partial charge in [0, 0.05) is 19.1 Å². The number of aryl methyl sites for hydroxylation is 2. The second kappa shape index (κ2) is 6.17. The van der Waals surface area contributed by atoms with Crippen LogP contribution >= 0.6 is 0 Å². The van der Waals surface area contributed by atoms with E-state index in [2.05, 4.69) is 36.9 Å². The summed E-state index contributed by atoms with van der Waals surface area (Å²) in [5, 5.41) is 8.96. The van der Waals surface area contributed by atoms with Gasteiger partial charge in [0.2, 0.25) is 0 Å². The molecule has 1 aromatic carbocycles. The SMILES string of the molecule is Cc1ccc(CN2CCOCC2CC(=O)O)c(C)c1. The highest BCUT2D eigenvalue weighted by Gasteiger charge is 2.25. The van der Waals surface area contributed by atoms with E-state index in [1.54, 1.807) is 0 Å². The summed E-state index contributed by atoms with van der Waals surface area (Å²) in [6, 6.07) is 6.39. The first kappa shape index (κ1) is 14.0. The highest BCUT2D eigenvalue weighted by molar-refractivity contribution is 5.67. The van der Waals surface area contributed by atoms with Crippen molar-refractivity contribution in [3.63, 3.8) is 0 Å². The lowest BCUT2D eigenvalue weighted by Crippen LogP contribution is -2.46. The lowest BCUT2D eigenvalue weighted by atomic mass is 10.0. The smallest absolute Gasteiger partial charge is 0.305 e. The predicted molar refractivity (Wildman–Crippen MR) is 73.2 cm³/mol. The molecule has 4 nitrogen and oxygen atoms in total. The summed E-state index contributed by atoms with van der Waals surface area (Å²) in [5.74, 6) is -0.763. The zero-order valence-corrected chi connectivity index (χ0v) is 11.6. The summed E-state index contributed by atoms with van der Waals surface area (Å²) in [5.41, 5.74) is 3.79. The molecule has 1 N–H and O–H groups in total. The van der Waals surface area contributed by atoms with Crippen LogP contribution in [-0.4, -0.2) is 41.8 Å². The van der Waals surface area contributed by atoms with Crippen LogP contribution in [-0.2, 0) is 16.1 Å². The van der Waals surface area contributed by atoms with Crippen molar-refractivity contribution in [1.29, 1.82) is 0 Å². The van der Waals surface area contributed by atoms with Crippen LogP contribution in [0.2, 0.25) is 0 Å². The number of carboxylic acids is 1. The topological polar surface area (TPSA) is 49.8 Å². The largest absolute Gasteiger partial charge is 0.481 e. The highest BCUT2D eigenvalue weighted by atomic mass is 16.5. The zero-order chi connectivity index (χ0) is 13.8. The Morgan fingerprint density at radius 3 is 2.95 bits per heavy atom. The summed E-state index contributed by atoms with van der Waals surface area (Å²) < 4.78 is 5.40. The zero-order valence-electron chi connectivity index (χ0n) is 11.6. The van der Waals surface area contributed by atoms with Crippen molar-refractivity contribution in [2.24, 2.45) is 0 Å². The average molecular weight is 263 g/mol. The van der Waals surface area contributed by atoms with Gasteiger partial charge in [-0.25, -0.2) is 0 Å². The second-order valence-electron chi connectivity index (χ2n) is 5.23. The Morgan fingerprint density at radius 2 is 2.26 bits per heavy atom. The van der Waals surface area contributed by atoms with Gasteiger partial charge >= 0.3 is 5.97 Å². The molecule has 1 heterocycles. The van der Waals surface area contributed by atoms with E-state index in [-0.39, 0.29) is 12.5 Å². The van der Waals surface area contributed by atoms with E-state index >= 15 is 0 Å². The van der Waals surface area contributed by atoms with Gasteiger partial charge in [-0.1, -0.05) is 23.8 Å². The number of nitrogens with zero attached hydrogens (tertiary/aromatic N) is 1. The van der Waals surface area contributed by atoms with Gasteiger partial charge < -0.3 is 9.84 Å². The van der Waals surface area contributed by atoms with Gasteiger partial charge in [0.05, 0.1) is 19.6 Å². The van der Waals surface area contributed by atoms with Crippen molar-refractivity contribution in [3.8, 4) is 0 Å².